The van der Waals surface area contributed by atoms with Gasteiger partial charge >= 0.3 is 6.03 Å². The number of halogens is 1. The minimum Gasteiger partial charge on any atom is -0.374 e. The molecule has 1 aromatic rings. The smallest absolute Gasteiger partial charge is 0.321 e. The summed E-state index contributed by atoms with van der Waals surface area (Å²) in [6.45, 7) is 14.2. The number of aliphatic imine (C=N–C) groups is 1. The van der Waals surface area contributed by atoms with Crippen molar-refractivity contribution in [2.75, 3.05) is 57.7 Å². The van der Waals surface area contributed by atoms with Crippen LogP contribution in [0, 0.1) is 5.92 Å². The molecule has 2 aliphatic rings. The zero-order valence-corrected chi connectivity index (χ0v) is 22.6. The maximum absolute atomic E-state index is 12.3. The molecule has 0 aromatic heterocycles. The second-order valence-electron chi connectivity index (χ2n) is 9.05. The SMILES string of the molecule is CCNC(=NCc1cccc(NC(=O)N2CCCC2)c1)NCC1CN(CC(C)C)CCO1.I. The fourth-order valence-electron chi connectivity index (χ4n) is 4.18. The fraction of sp³-hybridized carbons (Fsp3) is 0.667. The Morgan fingerprint density at radius 2 is 2.00 bits per heavy atom. The summed E-state index contributed by atoms with van der Waals surface area (Å²) >= 11 is 0. The van der Waals surface area contributed by atoms with Crippen molar-refractivity contribution in [3.63, 3.8) is 0 Å². The van der Waals surface area contributed by atoms with Gasteiger partial charge in [-0.2, -0.15) is 0 Å². The molecule has 2 aliphatic heterocycles. The minimum absolute atomic E-state index is 0. The van der Waals surface area contributed by atoms with E-state index in [-0.39, 0.29) is 36.1 Å². The zero-order chi connectivity index (χ0) is 22.8. The predicted molar refractivity (Wildman–Crippen MR) is 146 cm³/mol. The van der Waals surface area contributed by atoms with Gasteiger partial charge in [0.25, 0.3) is 0 Å². The molecule has 2 amide bonds. The molecule has 2 heterocycles. The topological polar surface area (TPSA) is 81.2 Å². The number of likely N-dealkylation sites (tertiary alicyclic amines) is 1. The number of benzene rings is 1. The van der Waals surface area contributed by atoms with Gasteiger partial charge in [-0.25, -0.2) is 9.79 Å². The first-order valence-corrected chi connectivity index (χ1v) is 12.0. The highest BCUT2D eigenvalue weighted by molar-refractivity contribution is 14.0. The van der Waals surface area contributed by atoms with Gasteiger partial charge in [0.1, 0.15) is 0 Å². The molecular formula is C24H41IN6O2. The Bertz CT molecular complexity index is 754. The second kappa shape index (κ2) is 14.6. The first-order chi connectivity index (χ1) is 15.5. The number of carbonyl (C=O) groups is 1. The molecule has 2 fully saturated rings. The highest BCUT2D eigenvalue weighted by Gasteiger charge is 2.21. The number of nitrogens with one attached hydrogen (secondary N) is 3. The Balaban J connectivity index is 0.00000385. The number of hydrogen-bond acceptors (Lipinski definition) is 4. The first-order valence-electron chi connectivity index (χ1n) is 12.0. The van der Waals surface area contributed by atoms with Crippen LogP contribution in [0.5, 0.6) is 0 Å². The molecule has 9 heteroatoms. The van der Waals surface area contributed by atoms with Gasteiger partial charge < -0.3 is 25.6 Å². The van der Waals surface area contributed by atoms with E-state index in [9.17, 15) is 4.79 Å². The first kappa shape index (κ1) is 27.7. The van der Waals surface area contributed by atoms with Crippen LogP contribution in [0.25, 0.3) is 0 Å². The monoisotopic (exact) mass is 572 g/mol. The summed E-state index contributed by atoms with van der Waals surface area (Å²) < 4.78 is 5.94. The van der Waals surface area contributed by atoms with Crippen molar-refractivity contribution in [1.82, 2.24) is 20.4 Å². The number of anilines is 1. The van der Waals surface area contributed by atoms with Crippen molar-refractivity contribution in [1.29, 1.82) is 0 Å². The number of ether oxygens (including phenoxy) is 1. The quantitative estimate of drug-likeness (QED) is 0.253. The molecule has 0 aliphatic carbocycles. The summed E-state index contributed by atoms with van der Waals surface area (Å²) in [5.74, 6) is 1.44. The van der Waals surface area contributed by atoms with E-state index in [4.69, 9.17) is 9.73 Å². The lowest BCUT2D eigenvalue weighted by atomic mass is 10.2. The lowest BCUT2D eigenvalue weighted by Gasteiger charge is -2.34. The summed E-state index contributed by atoms with van der Waals surface area (Å²) in [5.41, 5.74) is 1.87. The Kier molecular flexibility index (Phi) is 12.3. The van der Waals surface area contributed by atoms with Gasteiger partial charge in [0.15, 0.2) is 5.96 Å². The molecule has 0 saturated carbocycles. The van der Waals surface area contributed by atoms with E-state index < -0.39 is 0 Å². The Morgan fingerprint density at radius 1 is 1.21 bits per heavy atom. The molecule has 33 heavy (non-hydrogen) atoms. The molecule has 186 valence electrons. The summed E-state index contributed by atoms with van der Waals surface area (Å²) in [5, 5.41) is 9.75. The highest BCUT2D eigenvalue weighted by atomic mass is 127. The maximum Gasteiger partial charge on any atom is 0.321 e. The Hall–Kier alpha value is -1.59. The van der Waals surface area contributed by atoms with Crippen LogP contribution >= 0.6 is 24.0 Å². The van der Waals surface area contributed by atoms with E-state index in [2.05, 4.69) is 41.6 Å². The maximum atomic E-state index is 12.3. The number of nitrogens with zero attached hydrogens (tertiary/aromatic N) is 3. The number of hydrogen-bond donors (Lipinski definition) is 3. The van der Waals surface area contributed by atoms with Crippen LogP contribution < -0.4 is 16.0 Å². The van der Waals surface area contributed by atoms with Gasteiger partial charge in [-0.3, -0.25) is 4.90 Å². The van der Waals surface area contributed by atoms with Crippen LogP contribution in [-0.2, 0) is 11.3 Å². The molecule has 1 aromatic carbocycles. The number of amides is 2. The van der Waals surface area contributed by atoms with Gasteiger partial charge in [-0.05, 0) is 43.4 Å². The minimum atomic E-state index is -0.0165. The normalized spacial score (nSPS) is 19.3. The van der Waals surface area contributed by atoms with Gasteiger partial charge in [-0.15, -0.1) is 24.0 Å². The molecular weight excluding hydrogens is 531 g/mol. The van der Waals surface area contributed by atoms with E-state index in [1.165, 1.54) is 0 Å². The van der Waals surface area contributed by atoms with Gasteiger partial charge in [0.2, 0.25) is 0 Å². The van der Waals surface area contributed by atoms with Crippen molar-refractivity contribution in [3.05, 3.63) is 29.8 Å². The van der Waals surface area contributed by atoms with Crippen LogP contribution in [0.4, 0.5) is 10.5 Å². The molecule has 0 bridgehead atoms. The zero-order valence-electron chi connectivity index (χ0n) is 20.3. The summed E-state index contributed by atoms with van der Waals surface area (Å²) in [7, 11) is 0. The number of rotatable bonds is 8. The van der Waals surface area contributed by atoms with E-state index in [1.807, 2.05) is 29.2 Å². The van der Waals surface area contributed by atoms with Gasteiger partial charge in [0, 0.05) is 51.5 Å². The third kappa shape index (κ3) is 9.66. The number of guanidine groups is 1. The van der Waals surface area contributed by atoms with Crippen LogP contribution in [0.2, 0.25) is 0 Å². The number of morpholine rings is 1. The van der Waals surface area contributed by atoms with E-state index >= 15 is 0 Å². The largest absolute Gasteiger partial charge is 0.374 e. The summed E-state index contributed by atoms with van der Waals surface area (Å²) in [6, 6.07) is 7.90. The fourth-order valence-corrected chi connectivity index (χ4v) is 4.18. The molecule has 3 N–H and O–H groups in total. The number of urea groups is 1. The van der Waals surface area contributed by atoms with Crippen molar-refractivity contribution in [2.24, 2.45) is 10.9 Å². The molecule has 3 rings (SSSR count). The molecule has 0 spiro atoms. The third-order valence-electron chi connectivity index (χ3n) is 5.68. The van der Waals surface area contributed by atoms with Crippen molar-refractivity contribution in [3.8, 4) is 0 Å². The van der Waals surface area contributed by atoms with E-state index in [0.29, 0.717) is 12.5 Å². The Labute approximate surface area is 215 Å². The van der Waals surface area contributed by atoms with Gasteiger partial charge in [0.05, 0.1) is 19.3 Å². The lowest BCUT2D eigenvalue weighted by Crippen LogP contribution is -2.50. The van der Waals surface area contributed by atoms with Crippen LogP contribution in [0.3, 0.4) is 0 Å². The molecule has 2 saturated heterocycles. The Morgan fingerprint density at radius 3 is 2.73 bits per heavy atom. The summed E-state index contributed by atoms with van der Waals surface area (Å²) in [4.78, 5) is 21.4. The standard InChI is InChI=1S/C24H40N6O2.HI/c1-4-25-23(27-16-22-18-29(12-13-32-22)17-19(2)3)26-15-20-8-7-9-21(14-20)28-24(31)30-10-5-6-11-30;/h7-9,14,19,22H,4-6,10-13,15-18H2,1-3H3,(H,28,31)(H2,25,26,27);1H. The number of carbonyl (C=O) groups excluding carboxylic acids is 1. The average molecular weight is 573 g/mol. The van der Waals surface area contributed by atoms with Crippen LogP contribution in [0.15, 0.2) is 29.3 Å². The van der Waals surface area contributed by atoms with E-state index in [1.54, 1.807) is 0 Å². The van der Waals surface area contributed by atoms with E-state index in [0.717, 1.165) is 82.5 Å². The van der Waals surface area contributed by atoms with Crippen molar-refractivity contribution < 1.29 is 9.53 Å². The molecule has 1 atom stereocenters. The van der Waals surface area contributed by atoms with Crippen molar-refractivity contribution in [2.45, 2.75) is 46.3 Å². The summed E-state index contributed by atoms with van der Waals surface area (Å²) in [6.07, 6.45) is 2.34. The molecule has 0 radical (unpaired) electrons. The third-order valence-corrected chi connectivity index (χ3v) is 5.68. The molecule has 8 nitrogen and oxygen atoms in total. The van der Waals surface area contributed by atoms with Crippen LogP contribution in [-0.4, -0.2) is 80.3 Å². The van der Waals surface area contributed by atoms with Gasteiger partial charge in [-0.1, -0.05) is 26.0 Å². The predicted octanol–water partition coefficient (Wildman–Crippen LogP) is 3.34. The average Bonchev–Trinajstić information content (AvgIpc) is 3.31. The second-order valence-corrected chi connectivity index (χ2v) is 9.05. The highest BCUT2D eigenvalue weighted by Crippen LogP contribution is 2.15. The van der Waals surface area contributed by atoms with Crippen LogP contribution in [0.1, 0.15) is 39.2 Å². The molecule has 1 unspecified atom stereocenters. The van der Waals surface area contributed by atoms with Crippen molar-refractivity contribution >= 4 is 41.7 Å². The lowest BCUT2D eigenvalue weighted by molar-refractivity contribution is -0.0284.